The van der Waals surface area contributed by atoms with E-state index in [1.807, 2.05) is 43.0 Å². The summed E-state index contributed by atoms with van der Waals surface area (Å²) < 4.78 is 5.20. The van der Waals surface area contributed by atoms with E-state index in [0.29, 0.717) is 6.42 Å². The highest BCUT2D eigenvalue weighted by Crippen LogP contribution is 2.29. The van der Waals surface area contributed by atoms with Crippen LogP contribution in [0.5, 0.6) is 0 Å². The molecule has 1 aliphatic rings. The number of nitrogens with zero attached hydrogens (tertiary/aromatic N) is 2. The van der Waals surface area contributed by atoms with Gasteiger partial charge in [0.15, 0.2) is 0 Å². The van der Waals surface area contributed by atoms with Crippen LogP contribution in [0.15, 0.2) is 28.8 Å². The number of hydrogen-bond donors (Lipinski definition) is 0. The van der Waals surface area contributed by atoms with E-state index in [1.165, 1.54) is 0 Å². The summed E-state index contributed by atoms with van der Waals surface area (Å²) >= 11 is 0. The van der Waals surface area contributed by atoms with Crippen molar-refractivity contribution in [2.75, 3.05) is 11.4 Å². The van der Waals surface area contributed by atoms with Gasteiger partial charge in [0.1, 0.15) is 5.76 Å². The lowest BCUT2D eigenvalue weighted by molar-refractivity contribution is -0.119. The average molecular weight is 270 g/mol. The number of aromatic nitrogens is 1. The second kappa shape index (κ2) is 5.12. The fraction of sp³-hybridized carbons (Fsp3) is 0.375. The fourth-order valence-electron chi connectivity index (χ4n) is 2.78. The van der Waals surface area contributed by atoms with E-state index in [4.69, 9.17) is 4.52 Å². The first-order valence-corrected chi connectivity index (χ1v) is 7.00. The third-order valence-corrected chi connectivity index (χ3v) is 3.82. The van der Waals surface area contributed by atoms with Crippen LogP contribution in [-0.4, -0.2) is 17.6 Å². The van der Waals surface area contributed by atoms with Crippen LogP contribution in [0.2, 0.25) is 0 Å². The summed E-state index contributed by atoms with van der Waals surface area (Å²) in [6.07, 6.45) is 2.75. The Kier molecular flexibility index (Phi) is 3.30. The first-order chi connectivity index (χ1) is 9.66. The van der Waals surface area contributed by atoms with Gasteiger partial charge in [0.25, 0.3) is 0 Å². The van der Waals surface area contributed by atoms with E-state index in [9.17, 15) is 4.79 Å². The lowest BCUT2D eigenvalue weighted by Gasteiger charge is -2.26. The van der Waals surface area contributed by atoms with Crippen LogP contribution in [0.1, 0.15) is 30.7 Å². The molecular formula is C16H18N2O2. The Balaban J connectivity index is 1.90. The van der Waals surface area contributed by atoms with Gasteiger partial charge in [0.2, 0.25) is 5.91 Å². The van der Waals surface area contributed by atoms with Gasteiger partial charge in [-0.15, -0.1) is 0 Å². The maximum Gasteiger partial charge on any atom is 0.226 e. The fourth-order valence-corrected chi connectivity index (χ4v) is 2.78. The van der Waals surface area contributed by atoms with Crippen LogP contribution < -0.4 is 4.90 Å². The highest BCUT2D eigenvalue weighted by atomic mass is 16.5. The zero-order valence-electron chi connectivity index (χ0n) is 11.8. The molecule has 4 heteroatoms. The molecule has 0 bridgehead atoms. The largest absolute Gasteiger partial charge is 0.361 e. The first-order valence-electron chi connectivity index (χ1n) is 7.00. The SMILES string of the molecule is Cc1noc(C)c1-c1ccc(N2CCCCC2=O)cc1. The van der Waals surface area contributed by atoms with Crippen molar-refractivity contribution >= 4 is 11.6 Å². The molecule has 1 aromatic carbocycles. The molecule has 1 amide bonds. The van der Waals surface area contributed by atoms with Gasteiger partial charge in [0, 0.05) is 24.2 Å². The molecule has 0 unspecified atom stereocenters. The molecule has 0 atom stereocenters. The van der Waals surface area contributed by atoms with Crippen molar-refractivity contribution in [2.45, 2.75) is 33.1 Å². The molecule has 0 radical (unpaired) electrons. The summed E-state index contributed by atoms with van der Waals surface area (Å²) in [6, 6.07) is 8.07. The number of benzene rings is 1. The van der Waals surface area contributed by atoms with Crippen molar-refractivity contribution in [2.24, 2.45) is 0 Å². The highest BCUT2D eigenvalue weighted by Gasteiger charge is 2.19. The predicted molar refractivity (Wildman–Crippen MR) is 77.6 cm³/mol. The lowest BCUT2D eigenvalue weighted by Crippen LogP contribution is -2.35. The topological polar surface area (TPSA) is 46.3 Å². The molecular weight excluding hydrogens is 252 g/mol. The maximum absolute atomic E-state index is 11.9. The van der Waals surface area contributed by atoms with Crippen molar-refractivity contribution in [1.29, 1.82) is 0 Å². The van der Waals surface area contributed by atoms with E-state index in [0.717, 1.165) is 47.7 Å². The van der Waals surface area contributed by atoms with Crippen molar-refractivity contribution in [1.82, 2.24) is 5.16 Å². The Morgan fingerprint density at radius 3 is 2.50 bits per heavy atom. The van der Waals surface area contributed by atoms with E-state index in [1.54, 1.807) is 0 Å². The molecule has 0 N–H and O–H groups in total. The Hall–Kier alpha value is -2.10. The number of anilines is 1. The summed E-state index contributed by atoms with van der Waals surface area (Å²) in [7, 11) is 0. The number of carbonyl (C=O) groups is 1. The molecule has 1 saturated heterocycles. The standard InChI is InChI=1S/C16H18N2O2/c1-11-16(12(2)20-17-11)13-6-8-14(9-7-13)18-10-4-3-5-15(18)19/h6-9H,3-5,10H2,1-2H3. The Morgan fingerprint density at radius 2 is 1.90 bits per heavy atom. The van der Waals surface area contributed by atoms with Crippen molar-refractivity contribution in [3.63, 3.8) is 0 Å². The molecule has 1 aliphatic heterocycles. The smallest absolute Gasteiger partial charge is 0.226 e. The Morgan fingerprint density at radius 1 is 1.15 bits per heavy atom. The minimum Gasteiger partial charge on any atom is -0.361 e. The average Bonchev–Trinajstić information content (AvgIpc) is 2.79. The molecule has 4 nitrogen and oxygen atoms in total. The number of aryl methyl sites for hydroxylation is 2. The van der Waals surface area contributed by atoms with Crippen molar-refractivity contribution < 1.29 is 9.32 Å². The molecule has 0 spiro atoms. The van der Waals surface area contributed by atoms with Gasteiger partial charge in [-0.25, -0.2) is 0 Å². The Bertz CT molecular complexity index is 609. The summed E-state index contributed by atoms with van der Waals surface area (Å²) in [5.41, 5.74) is 3.99. The van der Waals surface area contributed by atoms with Crippen molar-refractivity contribution in [3.05, 3.63) is 35.7 Å². The normalized spacial score (nSPS) is 15.7. The second-order valence-electron chi connectivity index (χ2n) is 5.25. The molecule has 1 aromatic heterocycles. The van der Waals surface area contributed by atoms with Gasteiger partial charge in [-0.1, -0.05) is 17.3 Å². The monoisotopic (exact) mass is 270 g/mol. The predicted octanol–water partition coefficient (Wildman–Crippen LogP) is 3.48. The second-order valence-corrected chi connectivity index (χ2v) is 5.25. The van der Waals surface area contributed by atoms with Crippen LogP contribution in [0, 0.1) is 13.8 Å². The third-order valence-electron chi connectivity index (χ3n) is 3.82. The minimum atomic E-state index is 0.223. The maximum atomic E-state index is 11.9. The van der Waals surface area contributed by atoms with E-state index in [2.05, 4.69) is 5.16 Å². The van der Waals surface area contributed by atoms with Crippen LogP contribution >= 0.6 is 0 Å². The van der Waals surface area contributed by atoms with Gasteiger partial charge in [0.05, 0.1) is 5.69 Å². The van der Waals surface area contributed by atoms with Crippen molar-refractivity contribution in [3.8, 4) is 11.1 Å². The van der Waals surface area contributed by atoms with Gasteiger partial charge in [-0.05, 0) is 44.4 Å². The van der Waals surface area contributed by atoms with Gasteiger partial charge < -0.3 is 9.42 Å². The van der Waals surface area contributed by atoms with E-state index >= 15 is 0 Å². The summed E-state index contributed by atoms with van der Waals surface area (Å²) in [5, 5.41) is 3.98. The zero-order chi connectivity index (χ0) is 14.1. The number of amides is 1. The molecule has 0 aliphatic carbocycles. The van der Waals surface area contributed by atoms with Crippen LogP contribution in [0.3, 0.4) is 0 Å². The number of piperidine rings is 1. The van der Waals surface area contributed by atoms with E-state index in [-0.39, 0.29) is 5.91 Å². The van der Waals surface area contributed by atoms with Gasteiger partial charge in [-0.3, -0.25) is 4.79 Å². The molecule has 104 valence electrons. The van der Waals surface area contributed by atoms with Crippen LogP contribution in [0.25, 0.3) is 11.1 Å². The number of carbonyl (C=O) groups excluding carboxylic acids is 1. The van der Waals surface area contributed by atoms with Gasteiger partial charge in [-0.2, -0.15) is 0 Å². The highest BCUT2D eigenvalue weighted by molar-refractivity contribution is 5.94. The van der Waals surface area contributed by atoms with Gasteiger partial charge >= 0.3 is 0 Å². The molecule has 2 heterocycles. The van der Waals surface area contributed by atoms with Crippen LogP contribution in [-0.2, 0) is 4.79 Å². The molecule has 20 heavy (non-hydrogen) atoms. The molecule has 1 fully saturated rings. The lowest BCUT2D eigenvalue weighted by atomic mass is 10.0. The zero-order valence-corrected chi connectivity index (χ0v) is 11.8. The quantitative estimate of drug-likeness (QED) is 0.839. The molecule has 3 rings (SSSR count). The summed E-state index contributed by atoms with van der Waals surface area (Å²) in [4.78, 5) is 13.8. The summed E-state index contributed by atoms with van der Waals surface area (Å²) in [6.45, 7) is 4.68. The summed E-state index contributed by atoms with van der Waals surface area (Å²) in [5.74, 6) is 1.05. The first kappa shape index (κ1) is 12.9. The van der Waals surface area contributed by atoms with Crippen LogP contribution in [0.4, 0.5) is 5.69 Å². The minimum absolute atomic E-state index is 0.223. The number of hydrogen-bond acceptors (Lipinski definition) is 3. The molecule has 2 aromatic rings. The Labute approximate surface area is 118 Å². The van der Waals surface area contributed by atoms with E-state index < -0.39 is 0 Å². The molecule has 0 saturated carbocycles. The number of rotatable bonds is 2. The third kappa shape index (κ3) is 2.22.